The van der Waals surface area contributed by atoms with Gasteiger partial charge in [-0.3, -0.25) is 4.98 Å². The molecule has 0 unspecified atom stereocenters. The second kappa shape index (κ2) is 25.6. The molecule has 67 heavy (non-hydrogen) atoms. The van der Waals surface area contributed by atoms with E-state index in [9.17, 15) is 20.1 Å². The summed E-state index contributed by atoms with van der Waals surface area (Å²) in [4.78, 5) is 31.4. The number of nitrogens with zero attached hydrogens (tertiary/aromatic N) is 2. The van der Waals surface area contributed by atoms with Crippen molar-refractivity contribution in [1.29, 1.82) is 0 Å². The molecule has 8 heteroatoms. The first-order valence-corrected chi connectivity index (χ1v) is 26.1. The highest BCUT2D eigenvalue weighted by Crippen LogP contribution is 2.44. The van der Waals surface area contributed by atoms with Gasteiger partial charge in [0.1, 0.15) is 23.9 Å². The molecule has 2 aliphatic heterocycles. The standard InChI is InChI=1S/C59H76N4O4/c1-3-5-7-9-11-13-15-17-19-21-23-31-46-49-33-34-50(60-49)47(32-24-22-20-18-16-14-12-10-8-6-4-2)52-36-38-54(62-52)56(43-28-26-30-45(66)40-43)58-59(67)48(41-64)57(63-58)55(53-37-35-51(46)61-53)42-27-25-29-44(65)39-42/h25-30,33-41,48,59,61-62,65-67H,3-24,31-32H2,1-2H3/t48-,59-/m1/s1. The molecule has 0 radical (unpaired) electrons. The number of carbonyl (C=O) groups excluding carboxylic acids is 1. The molecular formula is C59H76N4O4. The van der Waals surface area contributed by atoms with E-state index in [0.717, 1.165) is 83.9 Å². The number of aromatic nitrogens is 4. The predicted octanol–water partition coefficient (Wildman–Crippen LogP) is 16.0. The summed E-state index contributed by atoms with van der Waals surface area (Å²) < 4.78 is 0. The van der Waals surface area contributed by atoms with Gasteiger partial charge < -0.3 is 30.1 Å². The number of hydrogen-bond acceptors (Lipinski definition) is 6. The number of nitrogens with one attached hydrogen (secondary N) is 2. The van der Waals surface area contributed by atoms with Crippen molar-refractivity contribution < 1.29 is 20.1 Å². The highest BCUT2D eigenvalue weighted by Gasteiger charge is 2.36. The van der Waals surface area contributed by atoms with E-state index in [0.29, 0.717) is 39.2 Å². The van der Waals surface area contributed by atoms with E-state index in [1.54, 1.807) is 36.4 Å². The lowest BCUT2D eigenvalue weighted by Crippen LogP contribution is -2.07. The highest BCUT2D eigenvalue weighted by atomic mass is 16.3. The van der Waals surface area contributed by atoms with Crippen LogP contribution in [0.15, 0.2) is 72.8 Å². The molecule has 3 aromatic heterocycles. The van der Waals surface area contributed by atoms with Crippen LogP contribution in [0, 0.1) is 0 Å². The van der Waals surface area contributed by atoms with Crippen molar-refractivity contribution in [3.63, 3.8) is 0 Å². The van der Waals surface area contributed by atoms with Crippen molar-refractivity contribution in [2.75, 3.05) is 0 Å². The molecule has 2 aliphatic rings. The van der Waals surface area contributed by atoms with Crippen LogP contribution in [0.4, 0.5) is 0 Å². The monoisotopic (exact) mass is 905 g/mol. The fourth-order valence-electron chi connectivity index (χ4n) is 10.2. The number of hydrogen-bond donors (Lipinski definition) is 5. The molecule has 0 fully saturated rings. The largest absolute Gasteiger partial charge is 0.508 e. The Morgan fingerprint density at radius 1 is 0.493 bits per heavy atom. The van der Waals surface area contributed by atoms with Crippen LogP contribution in [0.1, 0.15) is 201 Å². The molecule has 2 aromatic carbocycles. The Bertz CT molecular complexity index is 2570. The van der Waals surface area contributed by atoms with Crippen LogP contribution < -0.4 is 0 Å². The maximum Gasteiger partial charge on any atom is 0.132 e. The Hall–Kier alpha value is -5.47. The van der Waals surface area contributed by atoms with Crippen LogP contribution in [0.2, 0.25) is 0 Å². The van der Waals surface area contributed by atoms with Gasteiger partial charge in [0.05, 0.1) is 28.7 Å². The first kappa shape index (κ1) is 49.4. The molecule has 8 bridgehead atoms. The number of unbranched alkanes of at least 4 members (excludes halogenated alkanes) is 20. The van der Waals surface area contributed by atoms with Crippen LogP contribution in [0.5, 0.6) is 11.5 Å². The number of aldehydes is 1. The average molecular weight is 905 g/mol. The van der Waals surface area contributed by atoms with Crippen LogP contribution >= 0.6 is 0 Å². The van der Waals surface area contributed by atoms with Gasteiger partial charge in [-0.1, -0.05) is 167 Å². The van der Waals surface area contributed by atoms with Gasteiger partial charge in [-0.15, -0.1) is 0 Å². The molecule has 356 valence electrons. The predicted molar refractivity (Wildman–Crippen MR) is 278 cm³/mol. The summed E-state index contributed by atoms with van der Waals surface area (Å²) >= 11 is 0. The maximum atomic E-state index is 13.2. The van der Waals surface area contributed by atoms with Gasteiger partial charge in [-0.25, -0.2) is 4.98 Å². The van der Waals surface area contributed by atoms with Crippen LogP contribution in [0.3, 0.4) is 0 Å². The van der Waals surface area contributed by atoms with E-state index in [4.69, 9.17) is 9.97 Å². The number of aromatic hydroxyl groups is 2. The summed E-state index contributed by atoms with van der Waals surface area (Å²) in [5.41, 5.74) is 10.8. The molecule has 0 saturated carbocycles. The van der Waals surface area contributed by atoms with E-state index in [1.165, 1.54) is 116 Å². The molecule has 0 amide bonds. The zero-order valence-electron chi connectivity index (χ0n) is 40.4. The third-order valence-electron chi connectivity index (χ3n) is 14.0. The summed E-state index contributed by atoms with van der Waals surface area (Å²) in [5, 5.41) is 33.8. The van der Waals surface area contributed by atoms with Crippen molar-refractivity contribution in [1.82, 2.24) is 19.9 Å². The fourth-order valence-corrected chi connectivity index (χ4v) is 10.2. The Morgan fingerprint density at radius 3 is 1.28 bits per heavy atom. The van der Waals surface area contributed by atoms with Crippen molar-refractivity contribution >= 4 is 40.5 Å². The molecule has 5 aromatic rings. The summed E-state index contributed by atoms with van der Waals surface area (Å²) in [6.45, 7) is 4.55. The van der Waals surface area contributed by atoms with E-state index in [1.807, 2.05) is 24.3 Å². The summed E-state index contributed by atoms with van der Waals surface area (Å²) in [5.74, 6) is -0.840. The SMILES string of the molecule is CCCCCCCCCCCCCc1c2nc(c(CCCCCCCCCCCCC)c3ccc([nH]3)c(-c3cccc(O)c3)c3nc(c(-c4cccc(O)c4)c4ccc1[nH]4)[C@@H](C=O)[C@H]3O)C=C2. The Balaban J connectivity index is 1.33. The Kier molecular flexibility index (Phi) is 18.9. The smallest absolute Gasteiger partial charge is 0.132 e. The van der Waals surface area contributed by atoms with Gasteiger partial charge in [0.2, 0.25) is 0 Å². The molecule has 0 saturated heterocycles. The molecular weight excluding hydrogens is 829 g/mol. The van der Waals surface area contributed by atoms with Crippen molar-refractivity contribution in [2.24, 2.45) is 0 Å². The van der Waals surface area contributed by atoms with Gasteiger partial charge in [-0.05, 0) is 97.5 Å². The summed E-state index contributed by atoms with van der Waals surface area (Å²) in [6.07, 6.45) is 33.5. The third-order valence-corrected chi connectivity index (χ3v) is 14.0. The number of aromatic amines is 2. The van der Waals surface area contributed by atoms with E-state index >= 15 is 0 Å². The maximum absolute atomic E-state index is 13.2. The van der Waals surface area contributed by atoms with Crippen LogP contribution in [0.25, 0.3) is 56.5 Å². The quantitative estimate of drug-likeness (QED) is 0.0258. The number of phenolic OH excluding ortho intramolecular Hbond substituents is 2. The molecule has 8 nitrogen and oxygen atoms in total. The normalized spacial score (nSPS) is 14.6. The topological polar surface area (TPSA) is 135 Å². The lowest BCUT2D eigenvalue weighted by Gasteiger charge is -2.13. The van der Waals surface area contributed by atoms with Gasteiger partial charge in [-0.2, -0.15) is 0 Å². The number of H-pyrrole nitrogens is 2. The third kappa shape index (κ3) is 13.2. The fraction of sp³-hybridized carbons (Fsp3) is 0.475. The molecule has 5 heterocycles. The lowest BCUT2D eigenvalue weighted by molar-refractivity contribution is -0.111. The zero-order chi connectivity index (χ0) is 46.8. The Morgan fingerprint density at radius 2 is 0.881 bits per heavy atom. The minimum Gasteiger partial charge on any atom is -0.508 e. The first-order chi connectivity index (χ1) is 32.9. The Labute approximate surface area is 399 Å². The van der Waals surface area contributed by atoms with E-state index in [2.05, 4.69) is 48.1 Å². The first-order valence-electron chi connectivity index (χ1n) is 26.1. The molecule has 2 atom stereocenters. The number of aliphatic hydroxyl groups excluding tert-OH is 1. The number of phenols is 2. The number of aliphatic hydroxyl groups is 1. The van der Waals surface area contributed by atoms with E-state index in [-0.39, 0.29) is 11.5 Å². The zero-order valence-corrected chi connectivity index (χ0v) is 40.4. The summed E-state index contributed by atoms with van der Waals surface area (Å²) in [6, 6.07) is 22.2. The molecule has 7 rings (SSSR count). The van der Waals surface area contributed by atoms with Crippen molar-refractivity contribution in [2.45, 2.75) is 180 Å². The van der Waals surface area contributed by atoms with Gasteiger partial charge in [0.15, 0.2) is 0 Å². The number of rotatable bonds is 27. The van der Waals surface area contributed by atoms with E-state index < -0.39 is 12.0 Å². The van der Waals surface area contributed by atoms with Gasteiger partial charge in [0, 0.05) is 44.3 Å². The number of fused-ring (bicyclic) bond motifs is 8. The van der Waals surface area contributed by atoms with Gasteiger partial charge in [0.25, 0.3) is 0 Å². The lowest BCUT2D eigenvalue weighted by atomic mass is 9.92. The molecule has 0 aliphatic carbocycles. The van der Waals surface area contributed by atoms with Crippen molar-refractivity contribution in [3.8, 4) is 33.8 Å². The number of benzene rings is 2. The highest BCUT2D eigenvalue weighted by molar-refractivity contribution is 5.91. The minimum atomic E-state index is -1.28. The molecule has 5 N–H and O–H groups in total. The van der Waals surface area contributed by atoms with Gasteiger partial charge >= 0.3 is 0 Å². The van der Waals surface area contributed by atoms with Crippen LogP contribution in [-0.4, -0.2) is 41.5 Å². The summed E-state index contributed by atoms with van der Waals surface area (Å²) in [7, 11) is 0. The second-order valence-electron chi connectivity index (χ2n) is 19.2. The number of carbonyl (C=O) groups is 1. The minimum absolute atomic E-state index is 0.0801. The van der Waals surface area contributed by atoms with Crippen molar-refractivity contribution in [3.05, 3.63) is 107 Å². The average Bonchev–Trinajstić information content (AvgIpc) is 4.17. The van der Waals surface area contributed by atoms with Crippen LogP contribution in [-0.2, 0) is 17.6 Å². The number of aryl methyl sites for hydroxylation is 2. The molecule has 0 spiro atoms. The second-order valence-corrected chi connectivity index (χ2v) is 19.2.